The molecule has 0 aliphatic heterocycles. The van der Waals surface area contributed by atoms with Crippen LogP contribution in [0.25, 0.3) is 76.8 Å². The minimum Gasteiger partial charge on any atom is -0.0622 e. The van der Waals surface area contributed by atoms with Gasteiger partial charge in [0.2, 0.25) is 0 Å². The van der Waals surface area contributed by atoms with Crippen molar-refractivity contribution in [3.63, 3.8) is 0 Å². The Morgan fingerprint density at radius 3 is 1.32 bits per heavy atom. The molecular formula is C41H28. The normalized spacial score (nSPS) is 11.5. The van der Waals surface area contributed by atoms with Crippen LogP contribution in [0.3, 0.4) is 0 Å². The Balaban J connectivity index is 1.25. The van der Waals surface area contributed by atoms with E-state index >= 15 is 0 Å². The van der Waals surface area contributed by atoms with Gasteiger partial charge >= 0.3 is 0 Å². The van der Waals surface area contributed by atoms with Crippen molar-refractivity contribution < 1.29 is 0 Å². The lowest BCUT2D eigenvalue weighted by Gasteiger charge is -2.15. The van der Waals surface area contributed by atoms with Crippen molar-refractivity contribution in [3.05, 3.63) is 157 Å². The molecule has 192 valence electrons. The maximum atomic E-state index is 2.36. The second-order valence-corrected chi connectivity index (χ2v) is 11.1. The molecule has 0 spiro atoms. The van der Waals surface area contributed by atoms with Gasteiger partial charge in [-0.1, -0.05) is 121 Å². The van der Waals surface area contributed by atoms with E-state index in [0.29, 0.717) is 0 Å². The number of benzene rings is 8. The predicted octanol–water partition coefficient (Wildman–Crippen LogP) is 11.6. The van der Waals surface area contributed by atoms with Gasteiger partial charge in [0.15, 0.2) is 0 Å². The molecule has 0 heteroatoms. The molecule has 8 rings (SSSR count). The summed E-state index contributed by atoms with van der Waals surface area (Å²) in [5, 5.41) is 7.95. The molecule has 0 N–H and O–H groups in total. The Morgan fingerprint density at radius 1 is 0.293 bits per heavy atom. The van der Waals surface area contributed by atoms with E-state index in [2.05, 4.69) is 159 Å². The standard InChI is InChI=1S/C41H28/c1-27-21-32(37-25-35(28-9-4-2-5-10-28)24-36(26-37)29-11-6-3-7-12-29)19-20-39(27)38-22-33-17-15-30-13-8-14-31-16-18-34(23-38)41(33)40(30)31/h2-26H,1H3. The zero-order valence-electron chi connectivity index (χ0n) is 22.9. The van der Waals surface area contributed by atoms with E-state index in [1.165, 1.54) is 82.4 Å². The van der Waals surface area contributed by atoms with Gasteiger partial charge in [-0.2, -0.15) is 0 Å². The summed E-state index contributed by atoms with van der Waals surface area (Å²) in [6.45, 7) is 2.24. The fraction of sp³-hybridized carbons (Fsp3) is 0.0244. The molecule has 8 aromatic rings. The van der Waals surface area contributed by atoms with Gasteiger partial charge in [-0.05, 0) is 120 Å². The third-order valence-corrected chi connectivity index (χ3v) is 8.48. The zero-order valence-corrected chi connectivity index (χ0v) is 22.9. The minimum absolute atomic E-state index is 1.23. The van der Waals surface area contributed by atoms with Crippen LogP contribution in [0.2, 0.25) is 0 Å². The molecule has 0 unspecified atom stereocenters. The third kappa shape index (κ3) is 4.08. The van der Waals surface area contributed by atoms with Gasteiger partial charge in [-0.15, -0.1) is 0 Å². The van der Waals surface area contributed by atoms with Crippen molar-refractivity contribution in [2.45, 2.75) is 6.92 Å². The summed E-state index contributed by atoms with van der Waals surface area (Å²) in [5.74, 6) is 0. The minimum atomic E-state index is 1.23. The van der Waals surface area contributed by atoms with E-state index in [-0.39, 0.29) is 0 Å². The predicted molar refractivity (Wildman–Crippen MR) is 177 cm³/mol. The Morgan fingerprint density at radius 2 is 0.780 bits per heavy atom. The van der Waals surface area contributed by atoms with Crippen LogP contribution in [0.1, 0.15) is 5.56 Å². The maximum absolute atomic E-state index is 2.36. The molecule has 0 atom stereocenters. The first-order valence-electron chi connectivity index (χ1n) is 14.3. The number of aryl methyl sites for hydroxylation is 1. The highest BCUT2D eigenvalue weighted by Gasteiger charge is 2.13. The molecule has 0 fully saturated rings. The van der Waals surface area contributed by atoms with Crippen molar-refractivity contribution in [3.8, 4) is 44.5 Å². The van der Waals surface area contributed by atoms with Gasteiger partial charge in [0.1, 0.15) is 0 Å². The molecule has 0 saturated carbocycles. The zero-order chi connectivity index (χ0) is 27.3. The summed E-state index contributed by atoms with van der Waals surface area (Å²) < 4.78 is 0. The first-order valence-corrected chi connectivity index (χ1v) is 14.3. The molecule has 0 aliphatic carbocycles. The van der Waals surface area contributed by atoms with Crippen molar-refractivity contribution >= 4 is 32.3 Å². The molecule has 8 aromatic carbocycles. The van der Waals surface area contributed by atoms with E-state index in [0.717, 1.165) is 0 Å². The molecule has 0 aliphatic rings. The highest BCUT2D eigenvalue weighted by atomic mass is 14.2. The first kappa shape index (κ1) is 23.7. The molecule has 41 heavy (non-hydrogen) atoms. The van der Waals surface area contributed by atoms with E-state index in [1.807, 2.05) is 0 Å². The Hall–Kier alpha value is -5.20. The number of hydrogen-bond donors (Lipinski definition) is 0. The lowest BCUT2D eigenvalue weighted by atomic mass is 9.89. The van der Waals surface area contributed by atoms with Crippen LogP contribution in [0.4, 0.5) is 0 Å². The molecular weight excluding hydrogens is 492 g/mol. The fourth-order valence-corrected chi connectivity index (χ4v) is 6.47. The van der Waals surface area contributed by atoms with Crippen LogP contribution in [-0.4, -0.2) is 0 Å². The average molecular weight is 521 g/mol. The second-order valence-electron chi connectivity index (χ2n) is 11.1. The maximum Gasteiger partial charge on any atom is -0.00264 e. The summed E-state index contributed by atoms with van der Waals surface area (Å²) in [6.07, 6.45) is 0. The smallest absolute Gasteiger partial charge is 0.00264 e. The summed E-state index contributed by atoms with van der Waals surface area (Å²) >= 11 is 0. The fourth-order valence-electron chi connectivity index (χ4n) is 6.47. The summed E-state index contributed by atoms with van der Waals surface area (Å²) in [7, 11) is 0. The van der Waals surface area contributed by atoms with Crippen LogP contribution < -0.4 is 0 Å². The van der Waals surface area contributed by atoms with E-state index in [9.17, 15) is 0 Å². The van der Waals surface area contributed by atoms with Crippen molar-refractivity contribution in [1.29, 1.82) is 0 Å². The third-order valence-electron chi connectivity index (χ3n) is 8.48. The molecule has 0 amide bonds. The molecule has 0 saturated heterocycles. The van der Waals surface area contributed by atoms with Crippen molar-refractivity contribution in [2.24, 2.45) is 0 Å². The Labute approximate surface area is 240 Å². The van der Waals surface area contributed by atoms with E-state index in [4.69, 9.17) is 0 Å². The van der Waals surface area contributed by atoms with Crippen molar-refractivity contribution in [1.82, 2.24) is 0 Å². The monoisotopic (exact) mass is 520 g/mol. The van der Waals surface area contributed by atoms with Crippen molar-refractivity contribution in [2.75, 3.05) is 0 Å². The van der Waals surface area contributed by atoms with Gasteiger partial charge in [0.25, 0.3) is 0 Å². The molecule has 0 bridgehead atoms. The summed E-state index contributed by atoms with van der Waals surface area (Å²) in [4.78, 5) is 0. The van der Waals surface area contributed by atoms with E-state index in [1.54, 1.807) is 0 Å². The van der Waals surface area contributed by atoms with Crippen LogP contribution in [0.15, 0.2) is 152 Å². The summed E-state index contributed by atoms with van der Waals surface area (Å²) in [6, 6.07) is 55.6. The van der Waals surface area contributed by atoms with Gasteiger partial charge < -0.3 is 0 Å². The highest BCUT2D eigenvalue weighted by Crippen LogP contribution is 2.39. The van der Waals surface area contributed by atoms with Crippen LogP contribution >= 0.6 is 0 Å². The van der Waals surface area contributed by atoms with Gasteiger partial charge in [0, 0.05) is 0 Å². The van der Waals surface area contributed by atoms with E-state index < -0.39 is 0 Å². The Kier molecular flexibility index (Phi) is 5.47. The van der Waals surface area contributed by atoms with Crippen LogP contribution in [0, 0.1) is 6.92 Å². The Bertz CT molecular complexity index is 2070. The lowest BCUT2D eigenvalue weighted by molar-refractivity contribution is 1.46. The largest absolute Gasteiger partial charge is 0.0622 e. The topological polar surface area (TPSA) is 0 Å². The molecule has 0 heterocycles. The number of hydrogen-bond acceptors (Lipinski definition) is 0. The lowest BCUT2D eigenvalue weighted by Crippen LogP contribution is -1.90. The molecule has 0 radical (unpaired) electrons. The quantitative estimate of drug-likeness (QED) is 0.202. The average Bonchev–Trinajstić information content (AvgIpc) is 3.04. The van der Waals surface area contributed by atoms with Crippen LogP contribution in [0.5, 0.6) is 0 Å². The molecule has 0 aromatic heterocycles. The number of rotatable bonds is 4. The van der Waals surface area contributed by atoms with Gasteiger partial charge in [-0.3, -0.25) is 0 Å². The summed E-state index contributed by atoms with van der Waals surface area (Å²) in [5.41, 5.74) is 11.2. The first-order chi connectivity index (χ1) is 20.2. The SMILES string of the molecule is Cc1cc(-c2cc(-c3ccccc3)cc(-c3ccccc3)c2)ccc1-c1cc2ccc3cccc4ccc(c1)c2c34. The van der Waals surface area contributed by atoms with Gasteiger partial charge in [0.05, 0.1) is 0 Å². The van der Waals surface area contributed by atoms with Crippen LogP contribution in [-0.2, 0) is 0 Å². The van der Waals surface area contributed by atoms with Gasteiger partial charge in [-0.25, -0.2) is 0 Å². The highest BCUT2D eigenvalue weighted by molar-refractivity contribution is 6.23. The molecule has 0 nitrogen and oxygen atoms in total. The second kappa shape index (κ2) is 9.47.